The molecular weight excluding hydrogens is 242 g/mol. The van der Waals surface area contributed by atoms with Crippen molar-refractivity contribution in [2.75, 3.05) is 0 Å². The maximum atomic E-state index is 6.10. The van der Waals surface area contributed by atoms with Crippen LogP contribution in [0.3, 0.4) is 0 Å². The topological polar surface area (TPSA) is 82.8 Å². The second-order valence-corrected chi connectivity index (χ2v) is 4.23. The fraction of sp³-hybridized carbons (Fsp3) is 0.154. The number of benzene rings is 1. The van der Waals surface area contributed by atoms with Gasteiger partial charge >= 0.3 is 0 Å². The van der Waals surface area contributed by atoms with Crippen molar-refractivity contribution in [2.24, 2.45) is 12.8 Å². The molecule has 3 rings (SSSR count). The van der Waals surface area contributed by atoms with Crippen molar-refractivity contribution in [3.05, 3.63) is 54.3 Å². The van der Waals surface area contributed by atoms with Crippen molar-refractivity contribution in [2.45, 2.75) is 6.04 Å². The molecule has 6 heteroatoms. The first-order valence-corrected chi connectivity index (χ1v) is 5.86. The van der Waals surface area contributed by atoms with Gasteiger partial charge in [-0.25, -0.2) is 4.98 Å². The van der Waals surface area contributed by atoms with Crippen LogP contribution >= 0.6 is 0 Å². The summed E-state index contributed by atoms with van der Waals surface area (Å²) in [6.07, 6.45) is 3.37. The Bertz CT molecular complexity index is 673. The van der Waals surface area contributed by atoms with Gasteiger partial charge in [-0.2, -0.15) is 4.98 Å². The molecule has 2 N–H and O–H groups in total. The number of nitrogens with zero attached hydrogens (tertiary/aromatic N) is 4. The Hall–Kier alpha value is -2.47. The highest BCUT2D eigenvalue weighted by Gasteiger charge is 2.18. The number of aryl methyl sites for hydroxylation is 1. The average Bonchev–Trinajstić information content (AvgIpc) is 3.07. The molecule has 0 bridgehead atoms. The van der Waals surface area contributed by atoms with E-state index in [1.54, 1.807) is 12.5 Å². The summed E-state index contributed by atoms with van der Waals surface area (Å²) in [5.41, 5.74) is 7.82. The molecule has 3 aromatic rings. The zero-order chi connectivity index (χ0) is 13.2. The number of rotatable bonds is 3. The Morgan fingerprint density at radius 2 is 2.05 bits per heavy atom. The molecular formula is C13H13N5O. The van der Waals surface area contributed by atoms with Gasteiger partial charge in [0.25, 0.3) is 0 Å². The smallest absolute Gasteiger partial charge is 0.248 e. The molecule has 0 saturated heterocycles. The summed E-state index contributed by atoms with van der Waals surface area (Å²) in [5, 5.41) is 3.94. The van der Waals surface area contributed by atoms with Crippen molar-refractivity contribution < 1.29 is 4.52 Å². The molecule has 6 nitrogen and oxygen atoms in total. The summed E-state index contributed by atoms with van der Waals surface area (Å²) in [5.74, 6) is 0.879. The molecule has 0 unspecified atom stereocenters. The second kappa shape index (κ2) is 4.66. The third kappa shape index (κ3) is 2.13. The average molecular weight is 255 g/mol. The predicted octanol–water partition coefficient (Wildman–Crippen LogP) is 1.52. The van der Waals surface area contributed by atoms with Crippen LogP contribution in [0, 0.1) is 0 Å². The molecule has 0 aliphatic carbocycles. The summed E-state index contributed by atoms with van der Waals surface area (Å²) < 4.78 is 7.05. The van der Waals surface area contributed by atoms with E-state index in [9.17, 15) is 0 Å². The van der Waals surface area contributed by atoms with E-state index in [0.717, 1.165) is 11.3 Å². The summed E-state index contributed by atoms with van der Waals surface area (Å²) in [6, 6.07) is 9.22. The fourth-order valence-electron chi connectivity index (χ4n) is 1.84. The van der Waals surface area contributed by atoms with E-state index in [2.05, 4.69) is 15.1 Å². The van der Waals surface area contributed by atoms with Gasteiger partial charge in [-0.05, 0) is 5.56 Å². The third-order valence-corrected chi connectivity index (χ3v) is 2.91. The lowest BCUT2D eigenvalue weighted by molar-refractivity contribution is 0.367. The minimum atomic E-state index is -0.421. The van der Waals surface area contributed by atoms with Gasteiger partial charge in [0.2, 0.25) is 11.7 Å². The van der Waals surface area contributed by atoms with Crippen molar-refractivity contribution in [3.8, 4) is 11.5 Å². The zero-order valence-electron chi connectivity index (χ0n) is 10.4. The van der Waals surface area contributed by atoms with E-state index in [4.69, 9.17) is 10.3 Å². The summed E-state index contributed by atoms with van der Waals surface area (Å²) in [6.45, 7) is 0. The van der Waals surface area contributed by atoms with E-state index < -0.39 is 6.04 Å². The standard InChI is InChI=1S/C13H13N5O/c1-18-8-15-7-10(18)12-16-13(19-17-12)11(14)9-5-3-2-4-6-9/h2-8,11H,14H2,1H3/t11-/m0/s1. The largest absolute Gasteiger partial charge is 0.337 e. The van der Waals surface area contributed by atoms with E-state index >= 15 is 0 Å². The highest BCUT2D eigenvalue weighted by molar-refractivity contribution is 5.47. The second-order valence-electron chi connectivity index (χ2n) is 4.23. The number of hydrogen-bond acceptors (Lipinski definition) is 5. The molecule has 0 aliphatic rings. The number of hydrogen-bond donors (Lipinski definition) is 1. The van der Waals surface area contributed by atoms with Gasteiger partial charge in [0, 0.05) is 7.05 Å². The van der Waals surface area contributed by atoms with Gasteiger partial charge in [0.1, 0.15) is 11.7 Å². The van der Waals surface area contributed by atoms with Crippen LogP contribution in [0.15, 0.2) is 47.4 Å². The molecule has 0 spiro atoms. The fourth-order valence-corrected chi connectivity index (χ4v) is 1.84. The van der Waals surface area contributed by atoms with E-state index in [1.165, 1.54) is 0 Å². The highest BCUT2D eigenvalue weighted by Crippen LogP contribution is 2.21. The summed E-state index contributed by atoms with van der Waals surface area (Å²) >= 11 is 0. The van der Waals surface area contributed by atoms with Crippen LogP contribution in [0.5, 0.6) is 0 Å². The highest BCUT2D eigenvalue weighted by atomic mass is 16.5. The van der Waals surface area contributed by atoms with Crippen molar-refractivity contribution in [3.63, 3.8) is 0 Å². The summed E-state index contributed by atoms with van der Waals surface area (Å²) in [4.78, 5) is 8.35. The third-order valence-electron chi connectivity index (χ3n) is 2.91. The van der Waals surface area contributed by atoms with Crippen LogP contribution in [0.4, 0.5) is 0 Å². The van der Waals surface area contributed by atoms with Crippen LogP contribution in [-0.4, -0.2) is 19.7 Å². The van der Waals surface area contributed by atoms with Gasteiger partial charge in [-0.3, -0.25) is 0 Å². The number of nitrogens with two attached hydrogens (primary N) is 1. The quantitative estimate of drug-likeness (QED) is 0.767. The molecule has 0 amide bonds. The van der Waals surface area contributed by atoms with Crippen LogP contribution in [0.25, 0.3) is 11.5 Å². The maximum absolute atomic E-state index is 6.10. The Morgan fingerprint density at radius 1 is 1.26 bits per heavy atom. The number of aromatic nitrogens is 4. The van der Waals surface area contributed by atoms with Gasteiger partial charge in [-0.1, -0.05) is 35.5 Å². The molecule has 0 radical (unpaired) electrons. The molecule has 96 valence electrons. The van der Waals surface area contributed by atoms with Crippen molar-refractivity contribution in [1.82, 2.24) is 19.7 Å². The van der Waals surface area contributed by atoms with E-state index in [1.807, 2.05) is 41.9 Å². The van der Waals surface area contributed by atoms with Crippen LogP contribution in [0.1, 0.15) is 17.5 Å². The molecule has 2 heterocycles. The lowest BCUT2D eigenvalue weighted by atomic mass is 10.1. The lowest BCUT2D eigenvalue weighted by Gasteiger charge is -2.05. The Morgan fingerprint density at radius 3 is 2.74 bits per heavy atom. The first kappa shape index (κ1) is 11.6. The van der Waals surface area contributed by atoms with Gasteiger partial charge in [-0.15, -0.1) is 0 Å². The maximum Gasteiger partial charge on any atom is 0.248 e. The molecule has 0 fully saturated rings. The van der Waals surface area contributed by atoms with Gasteiger partial charge in [0.15, 0.2) is 0 Å². The molecule has 1 atom stereocenters. The van der Waals surface area contributed by atoms with Gasteiger partial charge in [0.05, 0.1) is 12.5 Å². The molecule has 0 saturated carbocycles. The monoisotopic (exact) mass is 255 g/mol. The molecule has 19 heavy (non-hydrogen) atoms. The Balaban J connectivity index is 1.92. The lowest BCUT2D eigenvalue weighted by Crippen LogP contribution is -2.12. The van der Waals surface area contributed by atoms with E-state index in [-0.39, 0.29) is 0 Å². The Kier molecular flexibility index (Phi) is 2.85. The van der Waals surface area contributed by atoms with Crippen molar-refractivity contribution >= 4 is 0 Å². The first-order valence-electron chi connectivity index (χ1n) is 5.86. The molecule has 2 aromatic heterocycles. The SMILES string of the molecule is Cn1cncc1-c1noc([C@@H](N)c2ccccc2)n1. The van der Waals surface area contributed by atoms with Gasteiger partial charge < -0.3 is 14.8 Å². The molecule has 1 aromatic carbocycles. The van der Waals surface area contributed by atoms with Crippen molar-refractivity contribution in [1.29, 1.82) is 0 Å². The van der Waals surface area contributed by atoms with Crippen LogP contribution < -0.4 is 5.73 Å². The van der Waals surface area contributed by atoms with Crippen LogP contribution in [-0.2, 0) is 7.05 Å². The minimum Gasteiger partial charge on any atom is -0.337 e. The first-order chi connectivity index (χ1) is 9.25. The Labute approximate surface area is 109 Å². The summed E-state index contributed by atoms with van der Waals surface area (Å²) in [7, 11) is 1.87. The zero-order valence-corrected chi connectivity index (χ0v) is 10.4. The van der Waals surface area contributed by atoms with Crippen LogP contribution in [0.2, 0.25) is 0 Å². The number of imidazole rings is 1. The minimum absolute atomic E-state index is 0.391. The molecule has 0 aliphatic heterocycles. The predicted molar refractivity (Wildman–Crippen MR) is 69.0 cm³/mol. The van der Waals surface area contributed by atoms with E-state index in [0.29, 0.717) is 11.7 Å². The normalized spacial score (nSPS) is 12.5.